The van der Waals surface area contributed by atoms with E-state index < -0.39 is 5.41 Å². The molecule has 3 N–H and O–H groups in total. The van der Waals surface area contributed by atoms with E-state index in [2.05, 4.69) is 16.0 Å². The van der Waals surface area contributed by atoms with Gasteiger partial charge in [-0.1, -0.05) is 20.8 Å². The maximum atomic E-state index is 11.5. The summed E-state index contributed by atoms with van der Waals surface area (Å²) >= 11 is 0. The van der Waals surface area contributed by atoms with Crippen LogP contribution in [0.5, 0.6) is 0 Å². The topological polar surface area (TPSA) is 87.3 Å². The summed E-state index contributed by atoms with van der Waals surface area (Å²) in [6.45, 7) is 8.00. The molecule has 0 bridgehead atoms. The predicted molar refractivity (Wildman–Crippen MR) is 68.8 cm³/mol. The molecule has 0 aliphatic rings. The average molecular weight is 257 g/mol. The third-order valence-electron chi connectivity index (χ3n) is 2.14. The minimum absolute atomic E-state index is 0.0279. The Balaban J connectivity index is 3.72. The number of carbonyl (C=O) groups is 3. The van der Waals surface area contributed by atoms with E-state index in [4.69, 9.17) is 0 Å². The van der Waals surface area contributed by atoms with Gasteiger partial charge in [-0.2, -0.15) is 0 Å². The zero-order chi connectivity index (χ0) is 14.2. The van der Waals surface area contributed by atoms with E-state index in [0.29, 0.717) is 6.54 Å². The van der Waals surface area contributed by atoms with Gasteiger partial charge < -0.3 is 16.0 Å². The Morgan fingerprint density at radius 3 is 2.06 bits per heavy atom. The Bertz CT molecular complexity index is 308. The van der Waals surface area contributed by atoms with E-state index in [1.54, 1.807) is 20.8 Å². The monoisotopic (exact) mass is 257 g/mol. The van der Waals surface area contributed by atoms with Gasteiger partial charge in [0.15, 0.2) is 0 Å². The predicted octanol–water partition coefficient (Wildman–Crippen LogP) is -0.209. The van der Waals surface area contributed by atoms with Crippen molar-refractivity contribution in [3.8, 4) is 0 Å². The van der Waals surface area contributed by atoms with Gasteiger partial charge in [-0.25, -0.2) is 0 Å². The van der Waals surface area contributed by atoms with Crippen LogP contribution in [0.15, 0.2) is 0 Å². The summed E-state index contributed by atoms with van der Waals surface area (Å²) in [4.78, 5) is 33.9. The van der Waals surface area contributed by atoms with Gasteiger partial charge in [-0.3, -0.25) is 14.4 Å². The first-order valence-electron chi connectivity index (χ1n) is 6.09. The molecule has 0 fully saturated rings. The highest BCUT2D eigenvalue weighted by Crippen LogP contribution is 2.11. The van der Waals surface area contributed by atoms with Crippen molar-refractivity contribution in [1.29, 1.82) is 0 Å². The van der Waals surface area contributed by atoms with Crippen molar-refractivity contribution in [2.75, 3.05) is 19.6 Å². The van der Waals surface area contributed by atoms with Gasteiger partial charge in [0.05, 0.1) is 6.54 Å². The van der Waals surface area contributed by atoms with Crippen LogP contribution in [0.2, 0.25) is 0 Å². The molecule has 0 aromatic heterocycles. The van der Waals surface area contributed by atoms with Gasteiger partial charge in [0.1, 0.15) is 0 Å². The van der Waals surface area contributed by atoms with Crippen molar-refractivity contribution in [3.63, 3.8) is 0 Å². The van der Waals surface area contributed by atoms with Crippen LogP contribution in [0.4, 0.5) is 0 Å². The summed E-state index contributed by atoms with van der Waals surface area (Å²) in [6, 6.07) is 0. The highest BCUT2D eigenvalue weighted by atomic mass is 16.2. The lowest BCUT2D eigenvalue weighted by Gasteiger charge is -2.17. The summed E-state index contributed by atoms with van der Waals surface area (Å²) in [5.74, 6) is -0.570. The number of amides is 3. The number of hydrogen-bond donors (Lipinski definition) is 3. The molecule has 104 valence electrons. The number of likely N-dealkylation sites (N-methyl/N-ethyl adjacent to an activating group) is 1. The molecule has 0 aliphatic carbocycles. The molecule has 0 aliphatic heterocycles. The first kappa shape index (κ1) is 16.4. The molecular formula is C12H23N3O3. The second kappa shape index (κ2) is 7.68. The summed E-state index contributed by atoms with van der Waals surface area (Å²) in [5, 5.41) is 7.72. The molecule has 0 heterocycles. The van der Waals surface area contributed by atoms with Crippen molar-refractivity contribution in [2.45, 2.75) is 34.1 Å². The molecule has 0 rings (SSSR count). The van der Waals surface area contributed by atoms with Crippen molar-refractivity contribution in [2.24, 2.45) is 5.41 Å². The van der Waals surface area contributed by atoms with Crippen LogP contribution >= 0.6 is 0 Å². The van der Waals surface area contributed by atoms with E-state index in [1.165, 1.54) is 0 Å². The lowest BCUT2D eigenvalue weighted by atomic mass is 9.96. The van der Waals surface area contributed by atoms with Crippen LogP contribution in [-0.2, 0) is 14.4 Å². The molecule has 0 saturated carbocycles. The Hall–Kier alpha value is -1.59. The van der Waals surface area contributed by atoms with E-state index in [9.17, 15) is 14.4 Å². The van der Waals surface area contributed by atoms with Gasteiger partial charge in [0.2, 0.25) is 17.7 Å². The smallest absolute Gasteiger partial charge is 0.239 e. The quantitative estimate of drug-likeness (QED) is 0.615. The molecule has 0 aromatic rings. The number of nitrogens with one attached hydrogen (secondary N) is 3. The third kappa shape index (κ3) is 7.65. The van der Waals surface area contributed by atoms with Crippen LogP contribution in [-0.4, -0.2) is 37.4 Å². The molecule has 0 radical (unpaired) electrons. The minimum Gasteiger partial charge on any atom is -0.355 e. The standard InChI is InChI=1S/C12H23N3O3/c1-5-13-10(17)8-15-9(16)6-7-14-11(18)12(2,3)4/h5-8H2,1-4H3,(H,13,17)(H,14,18)(H,15,16). The molecule has 6 heteroatoms. The van der Waals surface area contributed by atoms with Gasteiger partial charge in [-0.05, 0) is 6.92 Å². The maximum absolute atomic E-state index is 11.5. The van der Waals surface area contributed by atoms with Crippen molar-refractivity contribution in [1.82, 2.24) is 16.0 Å². The largest absolute Gasteiger partial charge is 0.355 e. The van der Waals surface area contributed by atoms with Crippen LogP contribution < -0.4 is 16.0 Å². The fraction of sp³-hybridized carbons (Fsp3) is 0.750. The molecule has 18 heavy (non-hydrogen) atoms. The highest BCUT2D eigenvalue weighted by Gasteiger charge is 2.20. The second-order valence-electron chi connectivity index (χ2n) is 4.99. The number of rotatable bonds is 6. The van der Waals surface area contributed by atoms with Crippen LogP contribution in [0.25, 0.3) is 0 Å². The molecule has 0 spiro atoms. The Labute approximate surface area is 108 Å². The lowest BCUT2D eigenvalue weighted by molar-refractivity contribution is -0.129. The summed E-state index contributed by atoms with van der Waals surface area (Å²) < 4.78 is 0. The van der Waals surface area contributed by atoms with E-state index in [0.717, 1.165) is 0 Å². The Kier molecular flexibility index (Phi) is 7.00. The van der Waals surface area contributed by atoms with E-state index in [1.807, 2.05) is 6.92 Å². The average Bonchev–Trinajstić information content (AvgIpc) is 2.25. The first-order chi connectivity index (χ1) is 8.27. The summed E-state index contributed by atoms with van der Waals surface area (Å²) in [5.41, 5.74) is -0.461. The van der Waals surface area contributed by atoms with Gasteiger partial charge >= 0.3 is 0 Å². The van der Waals surface area contributed by atoms with Crippen molar-refractivity contribution < 1.29 is 14.4 Å². The van der Waals surface area contributed by atoms with Gasteiger partial charge in [-0.15, -0.1) is 0 Å². The molecule has 0 saturated heterocycles. The normalized spacial score (nSPS) is 10.7. The molecule has 0 aromatic carbocycles. The van der Waals surface area contributed by atoms with Crippen molar-refractivity contribution >= 4 is 17.7 Å². The molecule has 0 atom stereocenters. The zero-order valence-electron chi connectivity index (χ0n) is 11.6. The Morgan fingerprint density at radius 2 is 1.56 bits per heavy atom. The molecule has 6 nitrogen and oxygen atoms in total. The molecule has 3 amide bonds. The highest BCUT2D eigenvalue weighted by molar-refractivity contribution is 5.85. The fourth-order valence-electron chi connectivity index (χ4n) is 1.08. The number of hydrogen-bond acceptors (Lipinski definition) is 3. The SMILES string of the molecule is CCNC(=O)CNC(=O)CCNC(=O)C(C)(C)C. The number of carbonyl (C=O) groups excluding carboxylic acids is 3. The maximum Gasteiger partial charge on any atom is 0.239 e. The lowest BCUT2D eigenvalue weighted by Crippen LogP contribution is -2.39. The van der Waals surface area contributed by atoms with Gasteiger partial charge in [0, 0.05) is 24.9 Å². The van der Waals surface area contributed by atoms with Gasteiger partial charge in [0.25, 0.3) is 0 Å². The van der Waals surface area contributed by atoms with Crippen LogP contribution in [0.3, 0.4) is 0 Å². The second-order valence-corrected chi connectivity index (χ2v) is 4.99. The zero-order valence-corrected chi connectivity index (χ0v) is 11.6. The summed E-state index contributed by atoms with van der Waals surface area (Å²) in [6.07, 6.45) is 0.168. The van der Waals surface area contributed by atoms with E-state index >= 15 is 0 Å². The fourth-order valence-corrected chi connectivity index (χ4v) is 1.08. The Morgan fingerprint density at radius 1 is 0.944 bits per heavy atom. The molecule has 0 unspecified atom stereocenters. The first-order valence-corrected chi connectivity index (χ1v) is 6.09. The summed E-state index contributed by atoms with van der Waals surface area (Å²) in [7, 11) is 0. The minimum atomic E-state index is -0.461. The van der Waals surface area contributed by atoms with Crippen LogP contribution in [0, 0.1) is 5.41 Å². The van der Waals surface area contributed by atoms with Crippen molar-refractivity contribution in [3.05, 3.63) is 0 Å². The molecular weight excluding hydrogens is 234 g/mol. The van der Waals surface area contributed by atoms with E-state index in [-0.39, 0.29) is 37.2 Å². The van der Waals surface area contributed by atoms with Crippen LogP contribution in [0.1, 0.15) is 34.1 Å². The third-order valence-corrected chi connectivity index (χ3v) is 2.14.